The lowest BCUT2D eigenvalue weighted by Crippen LogP contribution is -2.40. The summed E-state index contributed by atoms with van der Waals surface area (Å²) in [4.78, 5) is 37.0. The summed E-state index contributed by atoms with van der Waals surface area (Å²) in [5.74, 6) is 0.303. The molecule has 15 nitrogen and oxygen atoms in total. The van der Waals surface area contributed by atoms with E-state index < -0.39 is 16.1 Å². The standard InChI is InChI=1S/C41H49N7O8S2.2CH4/c1-25-18-26(2)20-30(55-15-12-42-13-17-58(52,53)54)21-28(19-25)24-48-27(3)32(23-43-48)31-9-10-33(44-38(31)39(49)50)29-8-11-36-35(22-29)47(14-16-56-36)41(51)46-40-45-34-6-4-5-7-37(34)57-40;;/h4-11,22-23,25-26,28,30,42H,12-21,24H2,1-3H3,(H,49,50)(H,45,46,51)(H,52,53,54);2*1H4. The Balaban J connectivity index is 0.00000341. The number of urea groups is 1. The van der Waals surface area contributed by atoms with Crippen molar-refractivity contribution >= 4 is 54.5 Å². The first-order chi connectivity index (χ1) is 27.8. The molecular formula is C43H57N7O8S2. The zero-order chi connectivity index (χ0) is 41.0. The minimum absolute atomic E-state index is 0. The Morgan fingerprint density at radius 3 is 2.53 bits per heavy atom. The molecule has 5 aromatic rings. The molecule has 17 heteroatoms. The third kappa shape index (κ3) is 11.3. The second-order valence-corrected chi connectivity index (χ2v) is 18.0. The summed E-state index contributed by atoms with van der Waals surface area (Å²) in [6, 6.07) is 16.2. The summed E-state index contributed by atoms with van der Waals surface area (Å²) in [7, 11) is -4.01. The Bertz CT molecular complexity index is 2350. The number of ether oxygens (including phenoxy) is 2. The fourth-order valence-corrected chi connectivity index (χ4v) is 9.44. The van der Waals surface area contributed by atoms with Crippen molar-refractivity contribution < 1.29 is 37.1 Å². The Hall–Kier alpha value is -4.94. The maximum Gasteiger partial charge on any atom is 0.355 e. The number of carbonyl (C=O) groups excluding carboxylic acids is 1. The van der Waals surface area contributed by atoms with Crippen molar-refractivity contribution in [2.45, 2.75) is 74.0 Å². The highest BCUT2D eigenvalue weighted by Crippen LogP contribution is 2.38. The monoisotopic (exact) mass is 863 g/mol. The minimum atomic E-state index is -4.01. The number of anilines is 2. The molecule has 2 amide bonds. The SMILES string of the molecule is C.C.Cc1c(-c2ccc(-c3ccc4c(c3)N(C(=O)Nc3nc5ccccc5s3)CCO4)nc2C(=O)O)cnn1CC1CC(C)CC(C)CC(OCCNCCS(=O)(=O)O)C1. The van der Waals surface area contributed by atoms with Gasteiger partial charge in [-0.3, -0.25) is 19.5 Å². The van der Waals surface area contributed by atoms with Crippen molar-refractivity contribution in [3.8, 4) is 28.1 Å². The second kappa shape index (κ2) is 20.1. The van der Waals surface area contributed by atoms with Crippen LogP contribution in [0.2, 0.25) is 0 Å². The molecule has 0 radical (unpaired) electrons. The van der Waals surface area contributed by atoms with Gasteiger partial charge in [-0.05, 0) is 92.8 Å². The summed E-state index contributed by atoms with van der Waals surface area (Å²) in [5.41, 5.74) is 4.28. The van der Waals surface area contributed by atoms with Gasteiger partial charge >= 0.3 is 12.0 Å². The molecule has 4 atom stereocenters. The van der Waals surface area contributed by atoms with Gasteiger partial charge in [0.1, 0.15) is 12.4 Å². The third-order valence-electron chi connectivity index (χ3n) is 10.8. The van der Waals surface area contributed by atoms with Crippen LogP contribution in [-0.4, -0.2) is 94.5 Å². The molecule has 1 aliphatic heterocycles. The van der Waals surface area contributed by atoms with Gasteiger partial charge in [0.05, 0.1) is 52.8 Å². The summed E-state index contributed by atoms with van der Waals surface area (Å²) >= 11 is 1.39. The molecule has 0 saturated heterocycles. The van der Waals surface area contributed by atoms with Crippen LogP contribution in [0.3, 0.4) is 0 Å². The third-order valence-corrected chi connectivity index (χ3v) is 12.4. The van der Waals surface area contributed by atoms with Gasteiger partial charge in [0.25, 0.3) is 10.1 Å². The number of hydrogen-bond acceptors (Lipinski definition) is 11. The van der Waals surface area contributed by atoms with Crippen LogP contribution >= 0.6 is 11.3 Å². The number of carboxylic acids is 1. The molecule has 1 saturated carbocycles. The van der Waals surface area contributed by atoms with Crippen molar-refractivity contribution in [3.63, 3.8) is 0 Å². The molecule has 324 valence electrons. The number of thiazole rings is 1. The van der Waals surface area contributed by atoms with Crippen molar-refractivity contribution in [2.75, 3.05) is 48.8 Å². The zero-order valence-electron chi connectivity index (χ0n) is 32.8. The number of fused-ring (bicyclic) bond motifs is 2. The molecule has 60 heavy (non-hydrogen) atoms. The van der Waals surface area contributed by atoms with Crippen LogP contribution in [0.4, 0.5) is 15.6 Å². The van der Waals surface area contributed by atoms with E-state index in [9.17, 15) is 23.1 Å². The van der Waals surface area contributed by atoms with E-state index in [-0.39, 0.29) is 50.9 Å². The highest BCUT2D eigenvalue weighted by atomic mass is 32.2. The quantitative estimate of drug-likeness (QED) is 0.0654. The molecule has 1 fully saturated rings. The number of carboxylic acid groups (broad SMARTS) is 1. The van der Waals surface area contributed by atoms with Gasteiger partial charge in [-0.15, -0.1) is 0 Å². The molecule has 0 spiro atoms. The summed E-state index contributed by atoms with van der Waals surface area (Å²) in [5, 5.41) is 21.6. The first-order valence-corrected chi connectivity index (χ1v) is 22.0. The van der Waals surface area contributed by atoms with Crippen LogP contribution in [0.15, 0.2) is 60.8 Å². The number of nitrogens with zero attached hydrogens (tertiary/aromatic N) is 5. The number of para-hydroxylation sites is 1. The van der Waals surface area contributed by atoms with E-state index in [1.165, 1.54) is 11.3 Å². The first kappa shape index (κ1) is 46.1. The van der Waals surface area contributed by atoms with Gasteiger partial charge in [0.2, 0.25) is 0 Å². The van der Waals surface area contributed by atoms with Crippen molar-refractivity contribution in [1.29, 1.82) is 0 Å². The van der Waals surface area contributed by atoms with Crippen molar-refractivity contribution in [2.24, 2.45) is 17.8 Å². The lowest BCUT2D eigenvalue weighted by Gasteiger charge is -2.32. The van der Waals surface area contributed by atoms with Crippen LogP contribution < -0.4 is 20.3 Å². The van der Waals surface area contributed by atoms with Gasteiger partial charge in [-0.25, -0.2) is 19.6 Å². The van der Waals surface area contributed by atoms with E-state index in [1.807, 2.05) is 35.9 Å². The smallest absolute Gasteiger partial charge is 0.355 e. The van der Waals surface area contributed by atoms with Crippen LogP contribution in [0.5, 0.6) is 5.75 Å². The van der Waals surface area contributed by atoms with E-state index in [0.29, 0.717) is 83.6 Å². The Kier molecular flexibility index (Phi) is 15.4. The summed E-state index contributed by atoms with van der Waals surface area (Å²) in [6.45, 7) is 8.81. The van der Waals surface area contributed by atoms with E-state index in [2.05, 4.69) is 34.4 Å². The summed E-state index contributed by atoms with van der Waals surface area (Å²) in [6.07, 6.45) is 5.56. The number of benzene rings is 2. The highest BCUT2D eigenvalue weighted by molar-refractivity contribution is 7.85. The average Bonchev–Trinajstić information content (AvgIpc) is 3.76. The van der Waals surface area contributed by atoms with Crippen LogP contribution in [0.25, 0.3) is 32.6 Å². The maximum atomic E-state index is 13.5. The first-order valence-electron chi connectivity index (χ1n) is 19.6. The molecule has 4 N–H and O–H groups in total. The molecule has 2 aliphatic rings. The number of aromatic nitrogens is 4. The predicted molar refractivity (Wildman–Crippen MR) is 237 cm³/mol. The normalized spacial score (nSPS) is 19.2. The number of pyridine rings is 1. The maximum absolute atomic E-state index is 13.5. The van der Waals surface area contributed by atoms with Gasteiger partial charge < -0.3 is 19.9 Å². The van der Waals surface area contributed by atoms with Gasteiger partial charge in [0.15, 0.2) is 10.8 Å². The number of amides is 2. The Morgan fingerprint density at radius 1 is 0.983 bits per heavy atom. The zero-order valence-corrected chi connectivity index (χ0v) is 34.4. The minimum Gasteiger partial charge on any atom is -0.490 e. The van der Waals surface area contributed by atoms with Crippen LogP contribution in [-0.2, 0) is 21.4 Å². The van der Waals surface area contributed by atoms with Gasteiger partial charge in [-0.2, -0.15) is 13.5 Å². The average molecular weight is 864 g/mol. The Morgan fingerprint density at radius 2 is 1.77 bits per heavy atom. The van der Waals surface area contributed by atoms with E-state index in [0.717, 1.165) is 41.6 Å². The molecule has 3 aromatic heterocycles. The number of rotatable bonds is 13. The fraction of sp³-hybridized carbons (Fsp3) is 0.465. The Labute approximate surface area is 356 Å². The lowest BCUT2D eigenvalue weighted by atomic mass is 9.80. The molecule has 1 aliphatic carbocycles. The van der Waals surface area contributed by atoms with Crippen molar-refractivity contribution in [1.82, 2.24) is 25.1 Å². The molecule has 0 bridgehead atoms. The molecule has 2 aromatic carbocycles. The number of nitrogens with one attached hydrogen (secondary N) is 2. The number of aromatic carboxylic acids is 1. The van der Waals surface area contributed by atoms with E-state index >= 15 is 0 Å². The molecule has 4 unspecified atom stereocenters. The largest absolute Gasteiger partial charge is 0.490 e. The van der Waals surface area contributed by atoms with E-state index in [1.54, 1.807) is 41.4 Å². The van der Waals surface area contributed by atoms with Crippen LogP contribution in [0, 0.1) is 24.7 Å². The summed E-state index contributed by atoms with van der Waals surface area (Å²) < 4.78 is 46.1. The number of hydrogen-bond donors (Lipinski definition) is 4. The molecule has 4 heterocycles. The number of carbonyl (C=O) groups is 2. The van der Waals surface area contributed by atoms with Gasteiger partial charge in [-0.1, -0.05) is 52.2 Å². The molecular weight excluding hydrogens is 807 g/mol. The van der Waals surface area contributed by atoms with Gasteiger partial charge in [0, 0.05) is 42.0 Å². The topological polar surface area (TPSA) is 198 Å². The van der Waals surface area contributed by atoms with Crippen LogP contribution in [0.1, 0.15) is 70.6 Å². The highest BCUT2D eigenvalue weighted by Gasteiger charge is 2.29. The van der Waals surface area contributed by atoms with E-state index in [4.69, 9.17) is 19.1 Å². The second-order valence-electron chi connectivity index (χ2n) is 15.4. The molecule has 7 rings (SSSR count). The fourth-order valence-electron chi connectivity index (χ4n) is 8.18. The predicted octanol–water partition coefficient (Wildman–Crippen LogP) is 8.26. The lowest BCUT2D eigenvalue weighted by molar-refractivity contribution is 0.00832. The van der Waals surface area contributed by atoms with Crippen molar-refractivity contribution in [3.05, 3.63) is 72.2 Å².